The molecule has 2 heterocycles. The van der Waals surface area contributed by atoms with E-state index in [4.69, 9.17) is 16.3 Å². The average Bonchev–Trinajstić information content (AvgIpc) is 3.10. The first-order valence-electron chi connectivity index (χ1n) is 7.37. The molecule has 1 fully saturated rings. The van der Waals surface area contributed by atoms with Crippen molar-refractivity contribution in [1.82, 2.24) is 9.78 Å². The second kappa shape index (κ2) is 6.51. The van der Waals surface area contributed by atoms with Gasteiger partial charge in [0.1, 0.15) is 4.90 Å². The highest BCUT2D eigenvalue weighted by Crippen LogP contribution is 2.24. The molecule has 2 aromatic rings. The zero-order chi connectivity index (χ0) is 16.4. The Bertz CT molecular complexity index is 798. The molecule has 0 saturated carbocycles. The van der Waals surface area contributed by atoms with E-state index in [1.165, 1.54) is 12.3 Å². The van der Waals surface area contributed by atoms with Gasteiger partial charge in [0, 0.05) is 12.8 Å². The fourth-order valence-electron chi connectivity index (χ4n) is 2.55. The molecule has 0 aliphatic carbocycles. The third-order valence-corrected chi connectivity index (χ3v) is 5.54. The summed E-state index contributed by atoms with van der Waals surface area (Å²) in [5, 5.41) is 4.37. The SMILES string of the molecule is Cc1ccc(S(=O)(=O)Nc2cnn(CC3CCCO3)c2)c(Cl)c1. The topological polar surface area (TPSA) is 73.2 Å². The Morgan fingerprint density at radius 3 is 3.00 bits per heavy atom. The summed E-state index contributed by atoms with van der Waals surface area (Å²) in [4.78, 5) is 0.0524. The van der Waals surface area contributed by atoms with E-state index in [0.717, 1.165) is 25.0 Å². The maximum Gasteiger partial charge on any atom is 0.263 e. The molecule has 124 valence electrons. The van der Waals surface area contributed by atoms with Crippen molar-refractivity contribution in [2.24, 2.45) is 0 Å². The number of rotatable bonds is 5. The van der Waals surface area contributed by atoms with E-state index in [2.05, 4.69) is 9.82 Å². The normalized spacial score (nSPS) is 18.3. The number of ether oxygens (including phenoxy) is 1. The lowest BCUT2D eigenvalue weighted by Crippen LogP contribution is -2.15. The Labute approximate surface area is 140 Å². The van der Waals surface area contributed by atoms with Crippen LogP contribution in [-0.2, 0) is 21.3 Å². The predicted molar refractivity (Wildman–Crippen MR) is 88.2 cm³/mol. The number of benzene rings is 1. The largest absolute Gasteiger partial charge is 0.376 e. The van der Waals surface area contributed by atoms with Crippen LogP contribution in [0.5, 0.6) is 0 Å². The van der Waals surface area contributed by atoms with Gasteiger partial charge in [-0.2, -0.15) is 5.10 Å². The van der Waals surface area contributed by atoms with Crippen LogP contribution in [0.3, 0.4) is 0 Å². The highest BCUT2D eigenvalue weighted by molar-refractivity contribution is 7.92. The van der Waals surface area contributed by atoms with Gasteiger partial charge >= 0.3 is 0 Å². The molecule has 1 N–H and O–H groups in total. The highest BCUT2D eigenvalue weighted by Gasteiger charge is 2.20. The van der Waals surface area contributed by atoms with E-state index in [0.29, 0.717) is 12.2 Å². The fraction of sp³-hybridized carbons (Fsp3) is 0.400. The molecular formula is C15H18ClN3O3S. The molecule has 0 spiro atoms. The minimum absolute atomic E-state index is 0.0524. The number of sulfonamides is 1. The Morgan fingerprint density at radius 1 is 1.48 bits per heavy atom. The fourth-order valence-corrected chi connectivity index (χ4v) is 4.18. The maximum absolute atomic E-state index is 12.4. The van der Waals surface area contributed by atoms with Crippen molar-refractivity contribution in [2.45, 2.75) is 37.3 Å². The first kappa shape index (κ1) is 16.3. The van der Waals surface area contributed by atoms with Crippen LogP contribution in [0.1, 0.15) is 18.4 Å². The molecule has 1 aliphatic rings. The van der Waals surface area contributed by atoms with Crippen LogP contribution in [0.25, 0.3) is 0 Å². The van der Waals surface area contributed by atoms with Gasteiger partial charge in [0.25, 0.3) is 10.0 Å². The van der Waals surface area contributed by atoms with Gasteiger partial charge in [-0.25, -0.2) is 8.42 Å². The van der Waals surface area contributed by atoms with Gasteiger partial charge in [-0.3, -0.25) is 9.40 Å². The third kappa shape index (κ3) is 3.85. The summed E-state index contributed by atoms with van der Waals surface area (Å²) in [6.07, 6.45) is 5.33. The maximum atomic E-state index is 12.4. The first-order chi connectivity index (χ1) is 10.9. The lowest BCUT2D eigenvalue weighted by Gasteiger charge is -2.09. The lowest BCUT2D eigenvalue weighted by atomic mass is 10.2. The van der Waals surface area contributed by atoms with Gasteiger partial charge in [-0.05, 0) is 37.5 Å². The van der Waals surface area contributed by atoms with Crippen molar-refractivity contribution in [3.8, 4) is 0 Å². The summed E-state index contributed by atoms with van der Waals surface area (Å²) < 4.78 is 34.6. The second-order valence-corrected chi connectivity index (χ2v) is 7.68. The van der Waals surface area contributed by atoms with Crippen LogP contribution in [-0.4, -0.2) is 30.9 Å². The van der Waals surface area contributed by atoms with E-state index >= 15 is 0 Å². The summed E-state index contributed by atoms with van der Waals surface area (Å²) in [6.45, 7) is 3.25. The molecule has 1 aromatic carbocycles. The monoisotopic (exact) mass is 355 g/mol. The molecule has 1 atom stereocenters. The van der Waals surface area contributed by atoms with E-state index < -0.39 is 10.0 Å². The molecule has 1 unspecified atom stereocenters. The zero-order valence-electron chi connectivity index (χ0n) is 12.7. The van der Waals surface area contributed by atoms with Gasteiger partial charge in [0.05, 0.1) is 29.6 Å². The Morgan fingerprint density at radius 2 is 2.30 bits per heavy atom. The van der Waals surface area contributed by atoms with E-state index in [1.807, 2.05) is 6.92 Å². The van der Waals surface area contributed by atoms with E-state index in [9.17, 15) is 8.42 Å². The number of aromatic nitrogens is 2. The van der Waals surface area contributed by atoms with Crippen molar-refractivity contribution < 1.29 is 13.2 Å². The molecular weight excluding hydrogens is 338 g/mol. The lowest BCUT2D eigenvalue weighted by molar-refractivity contribution is 0.0940. The van der Waals surface area contributed by atoms with Crippen molar-refractivity contribution in [3.63, 3.8) is 0 Å². The molecule has 1 saturated heterocycles. The van der Waals surface area contributed by atoms with Gasteiger partial charge in [0.2, 0.25) is 0 Å². The Hall–Kier alpha value is -1.57. The molecule has 3 rings (SSSR count). The van der Waals surface area contributed by atoms with Crippen molar-refractivity contribution in [3.05, 3.63) is 41.2 Å². The number of aryl methyl sites for hydroxylation is 1. The minimum Gasteiger partial charge on any atom is -0.376 e. The summed E-state index contributed by atoms with van der Waals surface area (Å²) in [5.41, 5.74) is 1.30. The van der Waals surface area contributed by atoms with Crippen LogP contribution in [0.15, 0.2) is 35.5 Å². The first-order valence-corrected chi connectivity index (χ1v) is 9.23. The second-order valence-electron chi connectivity index (χ2n) is 5.63. The third-order valence-electron chi connectivity index (χ3n) is 3.68. The molecule has 8 heteroatoms. The van der Waals surface area contributed by atoms with Gasteiger partial charge < -0.3 is 4.74 Å². The minimum atomic E-state index is -3.74. The molecule has 0 amide bonds. The van der Waals surface area contributed by atoms with Crippen LogP contribution in [0.2, 0.25) is 5.02 Å². The molecule has 23 heavy (non-hydrogen) atoms. The summed E-state index contributed by atoms with van der Waals surface area (Å²) in [6, 6.07) is 4.83. The van der Waals surface area contributed by atoms with E-state index in [1.54, 1.807) is 23.0 Å². The average molecular weight is 356 g/mol. The number of hydrogen-bond donors (Lipinski definition) is 1. The summed E-state index contributed by atoms with van der Waals surface area (Å²) in [7, 11) is -3.74. The van der Waals surface area contributed by atoms with Crippen molar-refractivity contribution in [2.75, 3.05) is 11.3 Å². The van der Waals surface area contributed by atoms with Crippen LogP contribution < -0.4 is 4.72 Å². The number of hydrogen-bond acceptors (Lipinski definition) is 4. The zero-order valence-corrected chi connectivity index (χ0v) is 14.3. The summed E-state index contributed by atoms with van der Waals surface area (Å²) in [5.74, 6) is 0. The van der Waals surface area contributed by atoms with E-state index in [-0.39, 0.29) is 16.0 Å². The van der Waals surface area contributed by atoms with Crippen molar-refractivity contribution in [1.29, 1.82) is 0 Å². The highest BCUT2D eigenvalue weighted by atomic mass is 35.5. The predicted octanol–water partition coefficient (Wildman–Crippen LogP) is 2.82. The molecule has 0 radical (unpaired) electrons. The van der Waals surface area contributed by atoms with Gasteiger partial charge in [-0.1, -0.05) is 17.7 Å². The molecule has 1 aromatic heterocycles. The van der Waals surface area contributed by atoms with Crippen LogP contribution in [0.4, 0.5) is 5.69 Å². The molecule has 6 nitrogen and oxygen atoms in total. The number of halogens is 1. The Balaban J connectivity index is 1.74. The van der Waals surface area contributed by atoms with Gasteiger partial charge in [0.15, 0.2) is 0 Å². The standard InChI is InChI=1S/C15H18ClN3O3S/c1-11-4-5-15(14(16)7-11)23(20,21)18-12-8-17-19(9-12)10-13-3-2-6-22-13/h4-5,7-9,13,18H,2-3,6,10H2,1H3. The molecule has 0 bridgehead atoms. The smallest absolute Gasteiger partial charge is 0.263 e. The molecule has 1 aliphatic heterocycles. The van der Waals surface area contributed by atoms with Crippen molar-refractivity contribution >= 4 is 27.3 Å². The quantitative estimate of drug-likeness (QED) is 0.895. The van der Waals surface area contributed by atoms with Gasteiger partial charge in [-0.15, -0.1) is 0 Å². The number of nitrogens with one attached hydrogen (secondary N) is 1. The van der Waals surface area contributed by atoms with Crippen LogP contribution in [0, 0.1) is 6.92 Å². The summed E-state index contributed by atoms with van der Waals surface area (Å²) >= 11 is 6.04. The number of anilines is 1. The Kier molecular flexibility index (Phi) is 4.61. The van der Waals surface area contributed by atoms with Crippen LogP contribution >= 0.6 is 11.6 Å². The number of nitrogens with zero attached hydrogens (tertiary/aromatic N) is 2.